The predicted molar refractivity (Wildman–Crippen MR) is 124 cm³/mol. The van der Waals surface area contributed by atoms with Crippen LogP contribution in [0, 0.1) is 0 Å². The number of nitrogens with zero attached hydrogens (tertiary/aromatic N) is 3. The van der Waals surface area contributed by atoms with Gasteiger partial charge in [-0.1, -0.05) is 25.7 Å². The van der Waals surface area contributed by atoms with Crippen LogP contribution in [-0.2, 0) is 10.0 Å². The van der Waals surface area contributed by atoms with Gasteiger partial charge in [0.15, 0.2) is 0 Å². The van der Waals surface area contributed by atoms with Crippen LogP contribution in [0.25, 0.3) is 0 Å². The van der Waals surface area contributed by atoms with Crippen molar-refractivity contribution in [2.45, 2.75) is 75.5 Å². The van der Waals surface area contributed by atoms with Crippen molar-refractivity contribution in [1.82, 2.24) is 9.21 Å². The summed E-state index contributed by atoms with van der Waals surface area (Å²) in [4.78, 5) is 17.6. The molecule has 1 aromatic rings. The van der Waals surface area contributed by atoms with Crippen LogP contribution in [-0.4, -0.2) is 62.8 Å². The SMILES string of the molecule is O=C(c1ccc(N2CCCCCC2)c(S(=O)(=O)N2CCCCCC2)c1)N1CCCCC1. The van der Waals surface area contributed by atoms with E-state index >= 15 is 0 Å². The molecule has 4 rings (SSSR count). The zero-order valence-corrected chi connectivity index (χ0v) is 19.5. The Kier molecular flexibility index (Phi) is 7.54. The van der Waals surface area contributed by atoms with Gasteiger partial charge in [-0.3, -0.25) is 4.79 Å². The molecule has 0 atom stereocenters. The molecule has 3 fully saturated rings. The fourth-order valence-corrected chi connectivity index (χ4v) is 6.88. The molecule has 0 aromatic heterocycles. The lowest BCUT2D eigenvalue weighted by molar-refractivity contribution is 0.0724. The molecule has 6 nitrogen and oxygen atoms in total. The molecule has 3 aliphatic heterocycles. The van der Waals surface area contributed by atoms with Crippen LogP contribution in [0.2, 0.25) is 0 Å². The molecule has 0 radical (unpaired) electrons. The monoisotopic (exact) mass is 447 g/mol. The van der Waals surface area contributed by atoms with E-state index in [0.717, 1.165) is 89.7 Å². The van der Waals surface area contributed by atoms with Crippen molar-refractivity contribution in [3.05, 3.63) is 23.8 Å². The Balaban J connectivity index is 1.71. The molecule has 172 valence electrons. The van der Waals surface area contributed by atoms with Gasteiger partial charge in [-0.05, 0) is 63.1 Å². The molecule has 0 aliphatic carbocycles. The highest BCUT2D eigenvalue weighted by atomic mass is 32.2. The summed E-state index contributed by atoms with van der Waals surface area (Å²) in [7, 11) is -3.64. The average Bonchev–Trinajstić information content (AvgIpc) is 3.25. The summed E-state index contributed by atoms with van der Waals surface area (Å²) in [5, 5.41) is 0. The van der Waals surface area contributed by atoms with Crippen molar-refractivity contribution in [2.24, 2.45) is 0 Å². The fraction of sp³-hybridized carbons (Fsp3) is 0.708. The normalized spacial score (nSPS) is 22.1. The van der Waals surface area contributed by atoms with Gasteiger partial charge in [0, 0.05) is 44.8 Å². The molecule has 3 aliphatic rings. The Morgan fingerprint density at radius 1 is 0.677 bits per heavy atom. The zero-order valence-electron chi connectivity index (χ0n) is 18.7. The quantitative estimate of drug-likeness (QED) is 0.692. The maximum atomic E-state index is 13.8. The minimum Gasteiger partial charge on any atom is -0.370 e. The molecule has 1 amide bonds. The fourth-order valence-electron chi connectivity index (χ4n) is 5.13. The van der Waals surface area contributed by atoms with Gasteiger partial charge in [-0.15, -0.1) is 0 Å². The number of carbonyl (C=O) groups excluding carboxylic acids is 1. The maximum absolute atomic E-state index is 13.8. The van der Waals surface area contributed by atoms with Crippen molar-refractivity contribution in [3.63, 3.8) is 0 Å². The van der Waals surface area contributed by atoms with Crippen LogP contribution in [0.1, 0.15) is 81.0 Å². The van der Waals surface area contributed by atoms with Gasteiger partial charge in [0.2, 0.25) is 10.0 Å². The molecule has 0 bridgehead atoms. The lowest BCUT2D eigenvalue weighted by atomic mass is 10.1. The Morgan fingerprint density at radius 3 is 1.81 bits per heavy atom. The third-order valence-electron chi connectivity index (χ3n) is 6.98. The Labute approximate surface area is 187 Å². The smallest absolute Gasteiger partial charge is 0.253 e. The lowest BCUT2D eigenvalue weighted by Crippen LogP contribution is -2.36. The van der Waals surface area contributed by atoms with Crippen LogP contribution in [0.15, 0.2) is 23.1 Å². The summed E-state index contributed by atoms with van der Waals surface area (Å²) in [6.45, 7) is 4.43. The molecular formula is C24H37N3O3S. The summed E-state index contributed by atoms with van der Waals surface area (Å²) in [5.74, 6) is -0.0329. The second-order valence-corrected chi connectivity index (χ2v) is 11.2. The number of piperidine rings is 1. The first kappa shape index (κ1) is 22.6. The van der Waals surface area contributed by atoms with Gasteiger partial charge in [-0.25, -0.2) is 8.42 Å². The number of sulfonamides is 1. The highest BCUT2D eigenvalue weighted by Gasteiger charge is 2.31. The molecule has 31 heavy (non-hydrogen) atoms. The van der Waals surface area contributed by atoms with Gasteiger partial charge in [0.05, 0.1) is 5.69 Å². The summed E-state index contributed by atoms with van der Waals surface area (Å²) < 4.78 is 29.3. The third kappa shape index (κ3) is 5.25. The molecule has 3 saturated heterocycles. The molecular weight excluding hydrogens is 410 g/mol. The number of rotatable bonds is 4. The van der Waals surface area contributed by atoms with Crippen LogP contribution >= 0.6 is 0 Å². The van der Waals surface area contributed by atoms with Gasteiger partial charge >= 0.3 is 0 Å². The third-order valence-corrected chi connectivity index (χ3v) is 8.91. The largest absolute Gasteiger partial charge is 0.370 e. The summed E-state index contributed by atoms with van der Waals surface area (Å²) in [6, 6.07) is 5.42. The molecule has 3 heterocycles. The molecule has 0 spiro atoms. The number of benzene rings is 1. The number of anilines is 1. The molecule has 0 N–H and O–H groups in total. The van der Waals surface area contributed by atoms with E-state index in [2.05, 4.69) is 4.90 Å². The van der Waals surface area contributed by atoms with Crippen molar-refractivity contribution < 1.29 is 13.2 Å². The molecule has 0 saturated carbocycles. The maximum Gasteiger partial charge on any atom is 0.253 e. The Hall–Kier alpha value is -1.60. The number of carbonyl (C=O) groups is 1. The first-order valence-electron chi connectivity index (χ1n) is 12.3. The van der Waals surface area contributed by atoms with E-state index in [-0.39, 0.29) is 5.91 Å². The van der Waals surface area contributed by atoms with E-state index < -0.39 is 10.0 Å². The second kappa shape index (κ2) is 10.3. The Bertz CT molecular complexity index is 849. The minimum atomic E-state index is -3.64. The van der Waals surface area contributed by atoms with E-state index in [1.807, 2.05) is 17.0 Å². The van der Waals surface area contributed by atoms with E-state index in [9.17, 15) is 13.2 Å². The van der Waals surface area contributed by atoms with E-state index in [1.165, 1.54) is 12.8 Å². The summed E-state index contributed by atoms with van der Waals surface area (Å²) in [6.07, 6.45) is 11.7. The van der Waals surface area contributed by atoms with E-state index in [1.54, 1.807) is 10.4 Å². The standard InChI is InChI=1S/C24H37N3O3S/c28-24(26-16-8-5-9-17-26)21-12-13-22(25-14-6-1-2-7-15-25)23(20-21)31(29,30)27-18-10-3-4-11-19-27/h12-13,20H,1-11,14-19H2. The van der Waals surface area contributed by atoms with Crippen molar-refractivity contribution in [1.29, 1.82) is 0 Å². The predicted octanol–water partition coefficient (Wildman–Crippen LogP) is 4.26. The molecule has 1 aromatic carbocycles. The van der Waals surface area contributed by atoms with E-state index in [0.29, 0.717) is 23.5 Å². The van der Waals surface area contributed by atoms with Gasteiger partial charge in [0.25, 0.3) is 5.91 Å². The van der Waals surface area contributed by atoms with Crippen molar-refractivity contribution >= 4 is 21.6 Å². The first-order valence-corrected chi connectivity index (χ1v) is 13.7. The number of hydrogen-bond donors (Lipinski definition) is 0. The van der Waals surface area contributed by atoms with Crippen LogP contribution < -0.4 is 4.90 Å². The van der Waals surface area contributed by atoms with Crippen LogP contribution in [0.3, 0.4) is 0 Å². The second-order valence-electron chi connectivity index (χ2n) is 9.25. The molecule has 7 heteroatoms. The summed E-state index contributed by atoms with van der Waals surface area (Å²) >= 11 is 0. The van der Waals surface area contributed by atoms with Gasteiger partial charge in [0.1, 0.15) is 4.90 Å². The zero-order chi connectivity index (χ0) is 21.7. The highest BCUT2D eigenvalue weighted by molar-refractivity contribution is 7.89. The number of likely N-dealkylation sites (tertiary alicyclic amines) is 1. The lowest BCUT2D eigenvalue weighted by Gasteiger charge is -2.30. The van der Waals surface area contributed by atoms with Gasteiger partial charge < -0.3 is 9.80 Å². The van der Waals surface area contributed by atoms with Crippen LogP contribution in [0.4, 0.5) is 5.69 Å². The highest BCUT2D eigenvalue weighted by Crippen LogP contribution is 2.32. The van der Waals surface area contributed by atoms with E-state index in [4.69, 9.17) is 0 Å². The topological polar surface area (TPSA) is 60.9 Å². The first-order chi connectivity index (χ1) is 15.1. The number of hydrogen-bond acceptors (Lipinski definition) is 4. The van der Waals surface area contributed by atoms with Crippen LogP contribution in [0.5, 0.6) is 0 Å². The summed E-state index contributed by atoms with van der Waals surface area (Å²) in [5.41, 5.74) is 1.29. The minimum absolute atomic E-state index is 0.0329. The number of amides is 1. The Morgan fingerprint density at radius 2 is 1.19 bits per heavy atom. The van der Waals surface area contributed by atoms with Crippen molar-refractivity contribution in [2.75, 3.05) is 44.2 Å². The van der Waals surface area contributed by atoms with Crippen molar-refractivity contribution in [3.8, 4) is 0 Å². The average molecular weight is 448 g/mol. The molecule has 0 unspecified atom stereocenters. The van der Waals surface area contributed by atoms with Gasteiger partial charge in [-0.2, -0.15) is 4.31 Å².